The van der Waals surface area contributed by atoms with Crippen LogP contribution in [0.1, 0.15) is 0 Å². The topological polar surface area (TPSA) is 91.8 Å². The lowest BCUT2D eigenvalue weighted by atomic mass is 10.1. The third-order valence-corrected chi connectivity index (χ3v) is 7.74. The standard InChI is InChI=1S/C15H17NO5S2/c1-16(14-9-22(18,19)10-15(14)17)23(20,21)13-7-6-11-4-2-3-5-12(11)8-13/h2-8,14-15,17H,9-10H2,1H3/t14-,15-/m1/s1. The lowest BCUT2D eigenvalue weighted by molar-refractivity contribution is 0.137. The summed E-state index contributed by atoms with van der Waals surface area (Å²) in [6.45, 7) is 0. The summed E-state index contributed by atoms with van der Waals surface area (Å²) < 4.78 is 49.7. The monoisotopic (exact) mass is 355 g/mol. The van der Waals surface area contributed by atoms with E-state index in [1.807, 2.05) is 24.3 Å². The number of sulfone groups is 1. The van der Waals surface area contributed by atoms with E-state index < -0.39 is 37.8 Å². The number of fused-ring (bicyclic) bond motifs is 1. The zero-order valence-electron chi connectivity index (χ0n) is 12.5. The second-order valence-corrected chi connectivity index (χ2v) is 9.89. The normalized spacial score (nSPS) is 24.3. The minimum atomic E-state index is -3.89. The summed E-state index contributed by atoms with van der Waals surface area (Å²) in [4.78, 5) is 0.0789. The number of aliphatic hydroxyl groups excluding tert-OH is 1. The Morgan fingerprint density at radius 2 is 1.74 bits per heavy atom. The van der Waals surface area contributed by atoms with Gasteiger partial charge in [0.05, 0.1) is 28.5 Å². The van der Waals surface area contributed by atoms with E-state index in [9.17, 15) is 21.9 Å². The number of nitrogens with zero attached hydrogens (tertiary/aromatic N) is 1. The lowest BCUT2D eigenvalue weighted by Gasteiger charge is -2.25. The molecule has 23 heavy (non-hydrogen) atoms. The summed E-state index contributed by atoms with van der Waals surface area (Å²) in [5.41, 5.74) is 0. The van der Waals surface area contributed by atoms with E-state index in [0.717, 1.165) is 15.1 Å². The van der Waals surface area contributed by atoms with Gasteiger partial charge >= 0.3 is 0 Å². The molecule has 1 aliphatic rings. The molecule has 1 heterocycles. The van der Waals surface area contributed by atoms with Gasteiger partial charge in [-0.25, -0.2) is 16.8 Å². The van der Waals surface area contributed by atoms with Gasteiger partial charge in [-0.1, -0.05) is 30.3 Å². The van der Waals surface area contributed by atoms with Crippen LogP contribution < -0.4 is 0 Å². The number of rotatable bonds is 3. The van der Waals surface area contributed by atoms with Crippen molar-refractivity contribution in [2.45, 2.75) is 17.0 Å². The van der Waals surface area contributed by atoms with Crippen molar-refractivity contribution in [3.63, 3.8) is 0 Å². The van der Waals surface area contributed by atoms with E-state index in [1.165, 1.54) is 13.1 Å². The predicted octanol–water partition coefficient (Wildman–Crippen LogP) is 0.618. The van der Waals surface area contributed by atoms with Crippen LogP contribution >= 0.6 is 0 Å². The largest absolute Gasteiger partial charge is 0.390 e. The third kappa shape index (κ3) is 2.99. The summed E-state index contributed by atoms with van der Waals surface area (Å²) in [7, 11) is -6.01. The Hall–Kier alpha value is -1.48. The molecule has 1 fully saturated rings. The number of aliphatic hydroxyl groups is 1. The second kappa shape index (κ2) is 5.55. The highest BCUT2D eigenvalue weighted by Crippen LogP contribution is 2.26. The van der Waals surface area contributed by atoms with Crippen LogP contribution in [0.3, 0.4) is 0 Å². The first-order valence-corrected chi connectivity index (χ1v) is 10.3. The fourth-order valence-corrected chi connectivity index (χ4v) is 6.19. The van der Waals surface area contributed by atoms with Gasteiger partial charge in [0.25, 0.3) is 0 Å². The Labute approximate surface area is 135 Å². The van der Waals surface area contributed by atoms with Crippen LogP contribution in [0.2, 0.25) is 0 Å². The Kier molecular flexibility index (Phi) is 3.96. The maximum Gasteiger partial charge on any atom is 0.243 e. The Balaban J connectivity index is 1.99. The van der Waals surface area contributed by atoms with Crippen molar-refractivity contribution in [3.05, 3.63) is 42.5 Å². The molecule has 1 N–H and O–H groups in total. The third-order valence-electron chi connectivity index (χ3n) is 4.16. The van der Waals surface area contributed by atoms with Crippen molar-refractivity contribution in [3.8, 4) is 0 Å². The van der Waals surface area contributed by atoms with Crippen molar-refractivity contribution < 1.29 is 21.9 Å². The van der Waals surface area contributed by atoms with Gasteiger partial charge in [0.2, 0.25) is 10.0 Å². The van der Waals surface area contributed by atoms with E-state index in [4.69, 9.17) is 0 Å². The zero-order valence-corrected chi connectivity index (χ0v) is 14.1. The molecule has 0 saturated carbocycles. The first kappa shape index (κ1) is 16.4. The number of benzene rings is 2. The molecule has 124 valence electrons. The molecule has 0 bridgehead atoms. The first-order chi connectivity index (χ1) is 10.7. The van der Waals surface area contributed by atoms with Crippen molar-refractivity contribution >= 4 is 30.6 Å². The van der Waals surface area contributed by atoms with Gasteiger partial charge in [0, 0.05) is 7.05 Å². The minimum absolute atomic E-state index is 0.0789. The molecule has 1 saturated heterocycles. The summed E-state index contributed by atoms with van der Waals surface area (Å²) >= 11 is 0. The van der Waals surface area contributed by atoms with Crippen molar-refractivity contribution in [1.82, 2.24) is 4.31 Å². The predicted molar refractivity (Wildman–Crippen MR) is 87.3 cm³/mol. The van der Waals surface area contributed by atoms with Gasteiger partial charge in [0.1, 0.15) is 0 Å². The Morgan fingerprint density at radius 1 is 1.09 bits per heavy atom. The Bertz CT molecular complexity index is 953. The van der Waals surface area contributed by atoms with Crippen LogP contribution in [-0.2, 0) is 19.9 Å². The quantitative estimate of drug-likeness (QED) is 0.871. The average molecular weight is 355 g/mol. The fraction of sp³-hybridized carbons (Fsp3) is 0.333. The molecule has 0 radical (unpaired) electrons. The smallest absolute Gasteiger partial charge is 0.243 e. The molecular weight excluding hydrogens is 338 g/mol. The summed E-state index contributed by atoms with van der Waals surface area (Å²) in [6, 6.07) is 11.2. The maximum atomic E-state index is 12.7. The van der Waals surface area contributed by atoms with Crippen LogP contribution in [0.4, 0.5) is 0 Å². The van der Waals surface area contributed by atoms with E-state index >= 15 is 0 Å². The number of sulfonamides is 1. The van der Waals surface area contributed by atoms with Crippen LogP contribution in [0.15, 0.2) is 47.4 Å². The highest BCUT2D eigenvalue weighted by molar-refractivity contribution is 7.92. The molecule has 0 spiro atoms. The SMILES string of the molecule is CN([C@@H]1CS(=O)(=O)C[C@H]1O)S(=O)(=O)c1ccc2ccccc2c1. The van der Waals surface area contributed by atoms with Gasteiger partial charge < -0.3 is 5.11 Å². The minimum Gasteiger partial charge on any atom is -0.390 e. The molecule has 2 atom stereocenters. The van der Waals surface area contributed by atoms with E-state index in [0.29, 0.717) is 0 Å². The van der Waals surface area contributed by atoms with Crippen LogP contribution in [0, 0.1) is 0 Å². The highest BCUT2D eigenvalue weighted by atomic mass is 32.2. The molecule has 2 aromatic carbocycles. The van der Waals surface area contributed by atoms with Gasteiger partial charge in [-0.3, -0.25) is 0 Å². The lowest BCUT2D eigenvalue weighted by Crippen LogP contribution is -2.44. The maximum absolute atomic E-state index is 12.7. The van der Waals surface area contributed by atoms with E-state index in [2.05, 4.69) is 0 Å². The van der Waals surface area contributed by atoms with Crippen molar-refractivity contribution in [1.29, 1.82) is 0 Å². The summed E-state index contributed by atoms with van der Waals surface area (Å²) in [5.74, 6) is -0.771. The first-order valence-electron chi connectivity index (χ1n) is 7.06. The molecule has 0 amide bonds. The second-order valence-electron chi connectivity index (χ2n) is 5.74. The van der Waals surface area contributed by atoms with Gasteiger partial charge in [-0.15, -0.1) is 0 Å². The molecule has 0 aliphatic carbocycles. The molecule has 1 aliphatic heterocycles. The van der Waals surface area contributed by atoms with Crippen molar-refractivity contribution in [2.75, 3.05) is 18.6 Å². The van der Waals surface area contributed by atoms with Gasteiger partial charge in [0.15, 0.2) is 9.84 Å². The van der Waals surface area contributed by atoms with Crippen LogP contribution in [-0.4, -0.2) is 56.9 Å². The highest BCUT2D eigenvalue weighted by Gasteiger charge is 2.42. The number of hydrogen-bond acceptors (Lipinski definition) is 5. The van der Waals surface area contributed by atoms with Gasteiger partial charge in [-0.2, -0.15) is 4.31 Å². The Morgan fingerprint density at radius 3 is 2.35 bits per heavy atom. The molecule has 8 heteroatoms. The summed E-state index contributed by atoms with van der Waals surface area (Å²) in [6.07, 6.45) is -1.21. The summed E-state index contributed by atoms with van der Waals surface area (Å²) in [5, 5.41) is 11.6. The fourth-order valence-electron chi connectivity index (χ4n) is 2.83. The van der Waals surface area contributed by atoms with Crippen LogP contribution in [0.5, 0.6) is 0 Å². The van der Waals surface area contributed by atoms with Crippen LogP contribution in [0.25, 0.3) is 10.8 Å². The molecule has 2 aromatic rings. The number of likely N-dealkylation sites (N-methyl/N-ethyl adjacent to an activating group) is 1. The molecule has 0 unspecified atom stereocenters. The average Bonchev–Trinajstić information content (AvgIpc) is 2.78. The van der Waals surface area contributed by atoms with E-state index in [1.54, 1.807) is 12.1 Å². The number of hydrogen-bond donors (Lipinski definition) is 1. The van der Waals surface area contributed by atoms with Crippen molar-refractivity contribution in [2.24, 2.45) is 0 Å². The molecule has 0 aromatic heterocycles. The molecular formula is C15H17NO5S2. The van der Waals surface area contributed by atoms with E-state index in [-0.39, 0.29) is 10.6 Å². The zero-order chi connectivity index (χ0) is 16.8. The van der Waals surface area contributed by atoms with Gasteiger partial charge in [-0.05, 0) is 22.9 Å². The molecule has 6 nitrogen and oxygen atoms in total. The molecule has 3 rings (SSSR count).